The SMILES string of the molecule is O=C(O)c1ccc(OC(=O)c2ccccc2Oc2ccc(C(=O)O)cc2)cc1. The fourth-order valence-corrected chi connectivity index (χ4v) is 2.34. The quantitative estimate of drug-likeness (QED) is 0.491. The second-order valence-electron chi connectivity index (χ2n) is 5.65. The second-order valence-corrected chi connectivity index (χ2v) is 5.65. The lowest BCUT2D eigenvalue weighted by molar-refractivity contribution is 0.0685. The van der Waals surface area contributed by atoms with Gasteiger partial charge < -0.3 is 19.7 Å². The van der Waals surface area contributed by atoms with Gasteiger partial charge in [-0.25, -0.2) is 14.4 Å². The van der Waals surface area contributed by atoms with E-state index in [0.717, 1.165) is 0 Å². The van der Waals surface area contributed by atoms with Crippen LogP contribution in [0.15, 0.2) is 72.8 Å². The third kappa shape index (κ3) is 4.34. The molecule has 0 spiro atoms. The average molecular weight is 378 g/mol. The van der Waals surface area contributed by atoms with E-state index < -0.39 is 17.9 Å². The fourth-order valence-electron chi connectivity index (χ4n) is 2.34. The summed E-state index contributed by atoms with van der Waals surface area (Å²) in [5, 5.41) is 17.8. The minimum absolute atomic E-state index is 0.0772. The summed E-state index contributed by atoms with van der Waals surface area (Å²) in [6.07, 6.45) is 0. The van der Waals surface area contributed by atoms with Gasteiger partial charge >= 0.3 is 17.9 Å². The number of rotatable bonds is 6. The maximum atomic E-state index is 12.5. The van der Waals surface area contributed by atoms with Crippen LogP contribution in [0.1, 0.15) is 31.1 Å². The highest BCUT2D eigenvalue weighted by atomic mass is 16.5. The first kappa shape index (κ1) is 18.7. The van der Waals surface area contributed by atoms with Crippen LogP contribution >= 0.6 is 0 Å². The molecular weight excluding hydrogens is 364 g/mol. The van der Waals surface area contributed by atoms with Crippen LogP contribution in [-0.2, 0) is 0 Å². The van der Waals surface area contributed by atoms with Crippen molar-refractivity contribution < 1.29 is 34.1 Å². The minimum Gasteiger partial charge on any atom is -0.478 e. The lowest BCUT2D eigenvalue weighted by Gasteiger charge is -2.11. The standard InChI is InChI=1S/C21H14O7/c22-19(23)13-5-9-15(10-6-13)27-18-4-2-1-3-17(18)21(26)28-16-11-7-14(8-12-16)20(24)25/h1-12H,(H,22,23)(H,24,25). The lowest BCUT2D eigenvalue weighted by Crippen LogP contribution is -2.10. The summed E-state index contributed by atoms with van der Waals surface area (Å²) in [5.74, 6) is -2.03. The number of aromatic carboxylic acids is 2. The minimum atomic E-state index is -1.08. The highest BCUT2D eigenvalue weighted by molar-refractivity contribution is 5.94. The van der Waals surface area contributed by atoms with Gasteiger partial charge in [0, 0.05) is 0 Å². The van der Waals surface area contributed by atoms with Gasteiger partial charge in [-0.2, -0.15) is 0 Å². The number of carbonyl (C=O) groups is 3. The summed E-state index contributed by atoms with van der Waals surface area (Å²) >= 11 is 0. The molecule has 0 fully saturated rings. The Balaban J connectivity index is 1.78. The summed E-state index contributed by atoms with van der Waals surface area (Å²) in [7, 11) is 0. The topological polar surface area (TPSA) is 110 Å². The first-order chi connectivity index (χ1) is 13.4. The van der Waals surface area contributed by atoms with Gasteiger partial charge in [0.25, 0.3) is 0 Å². The third-order valence-corrected chi connectivity index (χ3v) is 3.75. The molecule has 0 bridgehead atoms. The fraction of sp³-hybridized carbons (Fsp3) is 0. The van der Waals surface area contributed by atoms with Gasteiger partial charge in [-0.1, -0.05) is 12.1 Å². The van der Waals surface area contributed by atoms with E-state index in [4.69, 9.17) is 19.7 Å². The van der Waals surface area contributed by atoms with Crippen molar-refractivity contribution in [3.63, 3.8) is 0 Å². The molecule has 3 aromatic rings. The van der Waals surface area contributed by atoms with E-state index in [9.17, 15) is 14.4 Å². The molecule has 0 amide bonds. The van der Waals surface area contributed by atoms with Crippen LogP contribution < -0.4 is 9.47 Å². The van der Waals surface area contributed by atoms with Crippen molar-refractivity contribution in [3.8, 4) is 17.2 Å². The van der Waals surface area contributed by atoms with Crippen LogP contribution in [0.3, 0.4) is 0 Å². The Kier molecular flexibility index (Phi) is 5.36. The first-order valence-electron chi connectivity index (χ1n) is 8.10. The van der Waals surface area contributed by atoms with Crippen LogP contribution in [-0.4, -0.2) is 28.1 Å². The van der Waals surface area contributed by atoms with Gasteiger partial charge in [-0.05, 0) is 60.7 Å². The van der Waals surface area contributed by atoms with Gasteiger partial charge in [0.2, 0.25) is 0 Å². The van der Waals surface area contributed by atoms with E-state index in [1.807, 2.05) is 0 Å². The van der Waals surface area contributed by atoms with Crippen LogP contribution in [0.25, 0.3) is 0 Å². The summed E-state index contributed by atoms with van der Waals surface area (Å²) in [6.45, 7) is 0. The molecule has 0 aliphatic heterocycles. The average Bonchev–Trinajstić information content (AvgIpc) is 2.69. The number of carbonyl (C=O) groups excluding carboxylic acids is 1. The van der Waals surface area contributed by atoms with Crippen molar-refractivity contribution in [1.82, 2.24) is 0 Å². The highest BCUT2D eigenvalue weighted by Crippen LogP contribution is 2.27. The van der Waals surface area contributed by atoms with E-state index in [2.05, 4.69) is 0 Å². The molecule has 7 nitrogen and oxygen atoms in total. The van der Waals surface area contributed by atoms with Crippen molar-refractivity contribution >= 4 is 17.9 Å². The van der Waals surface area contributed by atoms with Crippen molar-refractivity contribution in [2.24, 2.45) is 0 Å². The maximum Gasteiger partial charge on any atom is 0.347 e. The number of hydrogen-bond acceptors (Lipinski definition) is 5. The lowest BCUT2D eigenvalue weighted by atomic mass is 10.2. The number of ether oxygens (including phenoxy) is 2. The summed E-state index contributed by atoms with van der Waals surface area (Å²) in [5.41, 5.74) is 0.352. The molecule has 0 aromatic heterocycles. The Bertz CT molecular complexity index is 1020. The van der Waals surface area contributed by atoms with Crippen LogP contribution in [0.4, 0.5) is 0 Å². The van der Waals surface area contributed by atoms with Crippen molar-refractivity contribution in [2.45, 2.75) is 0 Å². The molecule has 0 radical (unpaired) electrons. The molecule has 3 aromatic carbocycles. The van der Waals surface area contributed by atoms with Gasteiger partial charge in [-0.15, -0.1) is 0 Å². The van der Waals surface area contributed by atoms with Crippen LogP contribution in [0, 0.1) is 0 Å². The largest absolute Gasteiger partial charge is 0.478 e. The number of esters is 1. The third-order valence-electron chi connectivity index (χ3n) is 3.75. The van der Waals surface area contributed by atoms with Gasteiger partial charge in [0.15, 0.2) is 0 Å². The predicted molar refractivity (Wildman–Crippen MR) is 98.3 cm³/mol. The number of para-hydroxylation sites is 1. The molecule has 0 atom stereocenters. The number of hydrogen-bond donors (Lipinski definition) is 2. The van der Waals surface area contributed by atoms with Crippen LogP contribution in [0.2, 0.25) is 0 Å². The van der Waals surface area contributed by atoms with Gasteiger partial charge in [0.1, 0.15) is 22.8 Å². The molecule has 0 unspecified atom stereocenters. The molecule has 0 saturated carbocycles. The summed E-state index contributed by atoms with van der Waals surface area (Å²) < 4.78 is 11.0. The molecule has 0 aliphatic rings. The Labute approximate surface area is 159 Å². The van der Waals surface area contributed by atoms with E-state index in [-0.39, 0.29) is 28.2 Å². The maximum absolute atomic E-state index is 12.5. The molecule has 0 saturated heterocycles. The molecule has 140 valence electrons. The Morgan fingerprint density at radius 3 is 1.68 bits per heavy atom. The number of benzene rings is 3. The molecule has 7 heteroatoms. The van der Waals surface area contributed by atoms with E-state index in [1.165, 1.54) is 54.6 Å². The normalized spacial score (nSPS) is 10.1. The van der Waals surface area contributed by atoms with Crippen LogP contribution in [0.5, 0.6) is 17.2 Å². The van der Waals surface area contributed by atoms with Crippen molar-refractivity contribution in [1.29, 1.82) is 0 Å². The Morgan fingerprint density at radius 1 is 0.643 bits per heavy atom. The van der Waals surface area contributed by atoms with E-state index >= 15 is 0 Å². The number of carboxylic acid groups (broad SMARTS) is 2. The zero-order chi connectivity index (χ0) is 20.1. The predicted octanol–water partition coefficient (Wildman–Crippen LogP) is 4.09. The van der Waals surface area contributed by atoms with E-state index in [0.29, 0.717) is 5.75 Å². The molecule has 28 heavy (non-hydrogen) atoms. The monoisotopic (exact) mass is 378 g/mol. The van der Waals surface area contributed by atoms with E-state index in [1.54, 1.807) is 18.2 Å². The second kappa shape index (κ2) is 8.05. The summed E-state index contributed by atoms with van der Waals surface area (Å²) in [4.78, 5) is 34.3. The van der Waals surface area contributed by atoms with Gasteiger partial charge in [-0.3, -0.25) is 0 Å². The molecule has 3 rings (SSSR count). The summed E-state index contributed by atoms with van der Waals surface area (Å²) in [6, 6.07) is 17.6. The Morgan fingerprint density at radius 2 is 1.14 bits per heavy atom. The first-order valence-corrected chi connectivity index (χ1v) is 8.10. The zero-order valence-corrected chi connectivity index (χ0v) is 14.4. The zero-order valence-electron chi connectivity index (χ0n) is 14.4. The smallest absolute Gasteiger partial charge is 0.347 e. The Hall–Kier alpha value is -4.13. The molecular formula is C21H14O7. The van der Waals surface area contributed by atoms with Crippen molar-refractivity contribution in [2.75, 3.05) is 0 Å². The van der Waals surface area contributed by atoms with Gasteiger partial charge in [0.05, 0.1) is 11.1 Å². The van der Waals surface area contributed by atoms with Crippen molar-refractivity contribution in [3.05, 3.63) is 89.5 Å². The number of carboxylic acids is 2. The molecule has 0 heterocycles. The molecule has 0 aliphatic carbocycles. The highest BCUT2D eigenvalue weighted by Gasteiger charge is 2.16. The molecule has 2 N–H and O–H groups in total.